The van der Waals surface area contributed by atoms with Crippen LogP contribution in [0, 0.1) is 27.4 Å². The average molecular weight is 181 g/mol. The molecule has 66 valence electrons. The van der Waals surface area contributed by atoms with Crippen LogP contribution in [0.2, 0.25) is 0 Å². The quantitative estimate of drug-likeness (QED) is 0.325. The van der Waals surface area contributed by atoms with Crippen LogP contribution in [0.4, 0.5) is 15.8 Å². The van der Waals surface area contributed by atoms with E-state index in [9.17, 15) is 14.5 Å². The summed E-state index contributed by atoms with van der Waals surface area (Å²) in [7, 11) is 0. The van der Waals surface area contributed by atoms with Gasteiger partial charge in [-0.3, -0.25) is 15.4 Å². The highest BCUT2D eigenvalue weighted by Crippen LogP contribution is 2.20. The van der Waals surface area contributed by atoms with Crippen LogP contribution in [-0.2, 0) is 0 Å². The first-order valence-corrected chi connectivity index (χ1v) is 3.24. The lowest BCUT2D eigenvalue weighted by Gasteiger charge is -1.97. The summed E-state index contributed by atoms with van der Waals surface area (Å²) in [5.41, 5.74) is -0.422. The maximum atomic E-state index is 12.8. The zero-order chi connectivity index (χ0) is 9.84. The molecule has 6 heteroatoms. The van der Waals surface area contributed by atoms with Gasteiger partial charge in [0.15, 0.2) is 6.19 Å². The third kappa shape index (κ3) is 1.90. The molecule has 0 saturated carbocycles. The summed E-state index contributed by atoms with van der Waals surface area (Å²) in [5, 5.41) is 20.5. The van der Waals surface area contributed by atoms with E-state index in [-0.39, 0.29) is 5.69 Å². The van der Waals surface area contributed by atoms with Crippen molar-refractivity contribution in [2.24, 2.45) is 0 Å². The first kappa shape index (κ1) is 8.93. The van der Waals surface area contributed by atoms with Crippen LogP contribution < -0.4 is 5.32 Å². The molecular formula is C7H4FN3O2. The third-order valence-corrected chi connectivity index (χ3v) is 1.34. The normalized spacial score (nSPS) is 8.92. The number of nitro groups is 1. The van der Waals surface area contributed by atoms with Gasteiger partial charge >= 0.3 is 5.69 Å². The molecule has 13 heavy (non-hydrogen) atoms. The lowest BCUT2D eigenvalue weighted by molar-refractivity contribution is -0.387. The van der Waals surface area contributed by atoms with Crippen molar-refractivity contribution >= 4 is 11.4 Å². The summed E-state index contributed by atoms with van der Waals surface area (Å²) >= 11 is 0. The van der Waals surface area contributed by atoms with E-state index in [1.165, 1.54) is 6.07 Å². The highest BCUT2D eigenvalue weighted by molar-refractivity contribution is 5.51. The van der Waals surface area contributed by atoms with Gasteiger partial charge in [-0.1, -0.05) is 0 Å². The largest absolute Gasteiger partial charge is 0.304 e. The van der Waals surface area contributed by atoms with Gasteiger partial charge in [0, 0.05) is 12.1 Å². The van der Waals surface area contributed by atoms with Gasteiger partial charge in [0.2, 0.25) is 5.82 Å². The maximum Gasteiger partial charge on any atom is 0.304 e. The number of nitrogens with one attached hydrogen (secondary N) is 1. The average Bonchev–Trinajstić information content (AvgIpc) is 2.04. The molecule has 1 rings (SSSR count). The summed E-state index contributed by atoms with van der Waals surface area (Å²) in [6, 6.07) is 3.14. The lowest BCUT2D eigenvalue weighted by Crippen LogP contribution is -1.94. The van der Waals surface area contributed by atoms with Gasteiger partial charge in [0.1, 0.15) is 0 Å². The monoisotopic (exact) mass is 181 g/mol. The third-order valence-electron chi connectivity index (χ3n) is 1.34. The maximum absolute atomic E-state index is 12.8. The van der Waals surface area contributed by atoms with Crippen molar-refractivity contribution in [1.29, 1.82) is 5.26 Å². The molecule has 0 amide bonds. The Morgan fingerprint density at radius 3 is 2.77 bits per heavy atom. The second-order valence-electron chi connectivity index (χ2n) is 2.16. The van der Waals surface area contributed by atoms with Gasteiger partial charge in [-0.15, -0.1) is 0 Å². The Morgan fingerprint density at radius 1 is 1.62 bits per heavy atom. The molecule has 0 saturated heterocycles. The number of halogens is 1. The van der Waals surface area contributed by atoms with E-state index in [1.54, 1.807) is 6.19 Å². The molecular weight excluding hydrogens is 177 g/mol. The molecule has 1 N–H and O–H groups in total. The predicted molar refractivity (Wildman–Crippen MR) is 42.3 cm³/mol. The molecule has 1 aromatic rings. The van der Waals surface area contributed by atoms with Crippen LogP contribution in [-0.4, -0.2) is 4.92 Å². The van der Waals surface area contributed by atoms with E-state index in [4.69, 9.17) is 5.26 Å². The fourth-order valence-corrected chi connectivity index (χ4v) is 0.797. The number of nitriles is 1. The van der Waals surface area contributed by atoms with Crippen molar-refractivity contribution in [2.75, 3.05) is 5.32 Å². The molecule has 0 aliphatic carbocycles. The molecule has 0 aromatic heterocycles. The van der Waals surface area contributed by atoms with Gasteiger partial charge in [0.25, 0.3) is 0 Å². The molecule has 0 unspecified atom stereocenters. The number of anilines is 1. The Labute approximate surface area is 72.6 Å². The summed E-state index contributed by atoms with van der Waals surface area (Å²) in [5.74, 6) is -0.967. The Kier molecular flexibility index (Phi) is 2.40. The molecule has 5 nitrogen and oxygen atoms in total. The van der Waals surface area contributed by atoms with Crippen LogP contribution in [0.3, 0.4) is 0 Å². The van der Waals surface area contributed by atoms with Crippen molar-refractivity contribution in [2.45, 2.75) is 0 Å². The Balaban J connectivity index is 3.07. The molecule has 0 aliphatic heterocycles. The van der Waals surface area contributed by atoms with E-state index >= 15 is 0 Å². The molecule has 0 aliphatic rings. The summed E-state index contributed by atoms with van der Waals surface area (Å²) < 4.78 is 12.8. The first-order valence-electron chi connectivity index (χ1n) is 3.24. The molecule has 0 radical (unpaired) electrons. The molecule has 0 heterocycles. The Bertz CT molecular complexity index is 386. The van der Waals surface area contributed by atoms with E-state index < -0.39 is 16.4 Å². The fourth-order valence-electron chi connectivity index (χ4n) is 0.797. The summed E-state index contributed by atoms with van der Waals surface area (Å²) in [6.45, 7) is 0. The molecule has 1 aromatic carbocycles. The number of rotatable bonds is 2. The smallest absolute Gasteiger partial charge is 0.293 e. The summed E-state index contributed by atoms with van der Waals surface area (Å²) in [6.07, 6.45) is 1.57. The van der Waals surface area contributed by atoms with Crippen LogP contribution >= 0.6 is 0 Å². The Hall–Kier alpha value is -2.16. The standard InChI is InChI=1S/C7H4FN3O2/c8-6-3-5(10-4-9)1-2-7(6)11(12)13/h1-3,10H. The number of hydrogen-bond donors (Lipinski definition) is 1. The second-order valence-corrected chi connectivity index (χ2v) is 2.16. The highest BCUT2D eigenvalue weighted by Gasteiger charge is 2.13. The minimum absolute atomic E-state index is 0.186. The van der Waals surface area contributed by atoms with Gasteiger partial charge in [0.05, 0.1) is 10.6 Å². The zero-order valence-electron chi connectivity index (χ0n) is 6.32. The van der Waals surface area contributed by atoms with E-state index in [2.05, 4.69) is 5.32 Å². The number of nitro benzene ring substituents is 1. The number of hydrogen-bond acceptors (Lipinski definition) is 4. The van der Waals surface area contributed by atoms with E-state index in [0.717, 1.165) is 12.1 Å². The minimum atomic E-state index is -0.967. The van der Waals surface area contributed by atoms with Gasteiger partial charge in [-0.05, 0) is 6.07 Å². The molecule has 0 spiro atoms. The molecule has 0 fully saturated rings. The second kappa shape index (κ2) is 3.49. The van der Waals surface area contributed by atoms with Crippen molar-refractivity contribution < 1.29 is 9.31 Å². The van der Waals surface area contributed by atoms with Gasteiger partial charge in [-0.25, -0.2) is 0 Å². The molecule has 0 atom stereocenters. The van der Waals surface area contributed by atoms with Crippen LogP contribution in [0.5, 0.6) is 0 Å². The Morgan fingerprint density at radius 2 is 2.31 bits per heavy atom. The minimum Gasteiger partial charge on any atom is -0.293 e. The highest BCUT2D eigenvalue weighted by atomic mass is 19.1. The SMILES string of the molecule is N#CNc1ccc([N+](=O)[O-])c(F)c1. The summed E-state index contributed by atoms with van der Waals surface area (Å²) in [4.78, 5) is 9.34. The lowest BCUT2D eigenvalue weighted by atomic mass is 10.3. The first-order chi connectivity index (χ1) is 6.15. The van der Waals surface area contributed by atoms with E-state index in [0.29, 0.717) is 0 Å². The molecule has 0 bridgehead atoms. The van der Waals surface area contributed by atoms with Gasteiger partial charge in [-0.2, -0.15) is 9.65 Å². The topological polar surface area (TPSA) is 79.0 Å². The van der Waals surface area contributed by atoms with Crippen LogP contribution in [0.1, 0.15) is 0 Å². The zero-order valence-corrected chi connectivity index (χ0v) is 6.32. The fraction of sp³-hybridized carbons (Fsp3) is 0. The number of benzene rings is 1. The van der Waals surface area contributed by atoms with Crippen molar-refractivity contribution in [3.05, 3.63) is 34.1 Å². The number of nitrogens with zero attached hydrogens (tertiary/aromatic N) is 2. The van der Waals surface area contributed by atoms with Crippen molar-refractivity contribution in [1.82, 2.24) is 0 Å². The van der Waals surface area contributed by atoms with Crippen molar-refractivity contribution in [3.63, 3.8) is 0 Å². The van der Waals surface area contributed by atoms with Gasteiger partial charge < -0.3 is 0 Å². The van der Waals surface area contributed by atoms with E-state index in [1.807, 2.05) is 0 Å². The van der Waals surface area contributed by atoms with Crippen LogP contribution in [0.25, 0.3) is 0 Å². The predicted octanol–water partition coefficient (Wildman–Crippen LogP) is 1.63. The van der Waals surface area contributed by atoms with Crippen LogP contribution in [0.15, 0.2) is 18.2 Å². The van der Waals surface area contributed by atoms with Crippen molar-refractivity contribution in [3.8, 4) is 6.19 Å².